The van der Waals surface area contributed by atoms with E-state index in [-0.39, 0.29) is 6.54 Å². The van der Waals surface area contributed by atoms with Crippen molar-refractivity contribution in [1.29, 1.82) is 0 Å². The summed E-state index contributed by atoms with van der Waals surface area (Å²) in [5, 5.41) is 0. The van der Waals surface area contributed by atoms with E-state index in [4.69, 9.17) is 5.73 Å². The zero-order valence-electron chi connectivity index (χ0n) is 12.2. The highest BCUT2D eigenvalue weighted by atomic mass is 16.2. The molecule has 1 saturated heterocycles. The third kappa shape index (κ3) is 1.98. The number of carbonyl (C=O) groups excluding carboxylic acids is 3. The first-order valence-electron chi connectivity index (χ1n) is 7.00. The fraction of sp³-hybridized carbons (Fsp3) is 0.400. The fourth-order valence-electron chi connectivity index (χ4n) is 2.79. The predicted molar refractivity (Wildman–Crippen MR) is 77.1 cm³/mol. The van der Waals surface area contributed by atoms with Gasteiger partial charge in [-0.2, -0.15) is 0 Å². The monoisotopic (exact) mass is 289 g/mol. The average Bonchev–Trinajstić information content (AvgIpc) is 2.69. The van der Waals surface area contributed by atoms with Gasteiger partial charge < -0.3 is 5.73 Å². The number of hydrogen-bond acceptors (Lipinski definition) is 3. The van der Waals surface area contributed by atoms with Gasteiger partial charge >= 0.3 is 6.03 Å². The van der Waals surface area contributed by atoms with Crippen molar-refractivity contribution in [3.63, 3.8) is 0 Å². The third-order valence-corrected chi connectivity index (χ3v) is 3.73. The Labute approximate surface area is 123 Å². The normalized spacial score (nSPS) is 22.0. The number of primary amides is 1. The maximum atomic E-state index is 12.8. The molecule has 1 atom stereocenters. The summed E-state index contributed by atoms with van der Waals surface area (Å²) in [4.78, 5) is 39.8. The lowest BCUT2D eigenvalue weighted by Crippen LogP contribution is -2.56. The predicted octanol–water partition coefficient (Wildman–Crippen LogP) is 1.06. The lowest BCUT2D eigenvalue weighted by molar-refractivity contribution is -0.142. The van der Waals surface area contributed by atoms with E-state index in [9.17, 15) is 14.4 Å². The molecule has 21 heavy (non-hydrogen) atoms. The molecule has 6 nitrogen and oxygen atoms in total. The SMILES string of the molecule is CCCN1C(=O)N(CC)C(=O)C1(C(N)=O)c1ccccc1. The molecule has 0 spiro atoms. The second-order valence-corrected chi connectivity index (χ2v) is 4.92. The van der Waals surface area contributed by atoms with Gasteiger partial charge in [0.2, 0.25) is 5.54 Å². The van der Waals surface area contributed by atoms with Gasteiger partial charge in [-0.05, 0) is 18.9 Å². The largest absolute Gasteiger partial charge is 0.367 e. The highest BCUT2D eigenvalue weighted by Crippen LogP contribution is 2.37. The molecule has 4 amide bonds. The number of likely N-dealkylation sites (N-methyl/N-ethyl adjacent to an activating group) is 1. The van der Waals surface area contributed by atoms with Crippen molar-refractivity contribution in [3.05, 3.63) is 35.9 Å². The van der Waals surface area contributed by atoms with Gasteiger partial charge in [-0.15, -0.1) is 0 Å². The Hall–Kier alpha value is -2.37. The minimum atomic E-state index is -1.73. The molecule has 1 aromatic carbocycles. The van der Waals surface area contributed by atoms with Gasteiger partial charge in [0.15, 0.2) is 0 Å². The molecule has 1 heterocycles. The Bertz CT molecular complexity index is 573. The van der Waals surface area contributed by atoms with Gasteiger partial charge in [0.05, 0.1) is 0 Å². The maximum Gasteiger partial charge on any atom is 0.328 e. The van der Waals surface area contributed by atoms with Gasteiger partial charge in [0, 0.05) is 13.1 Å². The highest BCUT2D eigenvalue weighted by Gasteiger charge is 2.61. The van der Waals surface area contributed by atoms with E-state index in [1.54, 1.807) is 37.3 Å². The van der Waals surface area contributed by atoms with Crippen LogP contribution in [-0.4, -0.2) is 40.7 Å². The van der Waals surface area contributed by atoms with Crippen LogP contribution in [0.25, 0.3) is 0 Å². The highest BCUT2D eigenvalue weighted by molar-refractivity contribution is 6.20. The number of urea groups is 1. The Kier molecular flexibility index (Phi) is 3.97. The van der Waals surface area contributed by atoms with Gasteiger partial charge in [-0.3, -0.25) is 19.4 Å². The number of rotatable bonds is 5. The molecular weight excluding hydrogens is 270 g/mol. The Balaban J connectivity index is 2.69. The van der Waals surface area contributed by atoms with E-state index in [0.29, 0.717) is 18.5 Å². The van der Waals surface area contributed by atoms with Crippen LogP contribution in [0.3, 0.4) is 0 Å². The maximum absolute atomic E-state index is 12.8. The second-order valence-electron chi connectivity index (χ2n) is 4.92. The van der Waals surface area contributed by atoms with Gasteiger partial charge in [-0.25, -0.2) is 4.79 Å². The van der Waals surface area contributed by atoms with Crippen molar-refractivity contribution in [3.8, 4) is 0 Å². The van der Waals surface area contributed by atoms with Crippen LogP contribution in [0, 0.1) is 0 Å². The average molecular weight is 289 g/mol. The van der Waals surface area contributed by atoms with Crippen LogP contribution in [0.4, 0.5) is 4.79 Å². The first-order valence-corrected chi connectivity index (χ1v) is 7.00. The smallest absolute Gasteiger partial charge is 0.328 e. The summed E-state index contributed by atoms with van der Waals surface area (Å²) in [6.45, 7) is 4.07. The van der Waals surface area contributed by atoms with E-state index in [1.807, 2.05) is 6.92 Å². The third-order valence-electron chi connectivity index (χ3n) is 3.73. The molecule has 2 rings (SSSR count). The van der Waals surface area contributed by atoms with Crippen molar-refractivity contribution in [2.24, 2.45) is 5.73 Å². The molecule has 0 saturated carbocycles. The van der Waals surface area contributed by atoms with Crippen LogP contribution in [0.5, 0.6) is 0 Å². The quantitative estimate of drug-likeness (QED) is 0.650. The first kappa shape index (κ1) is 15.0. The summed E-state index contributed by atoms with van der Waals surface area (Å²) >= 11 is 0. The first-order chi connectivity index (χ1) is 10.0. The Morgan fingerprint density at radius 2 is 1.81 bits per heavy atom. The Morgan fingerprint density at radius 1 is 1.19 bits per heavy atom. The summed E-state index contributed by atoms with van der Waals surface area (Å²) in [5.41, 5.74) is 4.27. The molecule has 0 aromatic heterocycles. The van der Waals surface area contributed by atoms with E-state index in [1.165, 1.54) is 4.90 Å². The van der Waals surface area contributed by atoms with Gasteiger partial charge in [-0.1, -0.05) is 37.3 Å². The van der Waals surface area contributed by atoms with E-state index in [0.717, 1.165) is 4.90 Å². The second kappa shape index (κ2) is 5.55. The molecule has 1 aliphatic rings. The lowest BCUT2D eigenvalue weighted by Gasteiger charge is -2.32. The molecule has 1 aromatic rings. The number of amides is 4. The summed E-state index contributed by atoms with van der Waals surface area (Å²) in [6.07, 6.45) is 0.623. The van der Waals surface area contributed by atoms with E-state index in [2.05, 4.69) is 0 Å². The van der Waals surface area contributed by atoms with Gasteiger partial charge in [0.25, 0.3) is 11.8 Å². The van der Waals surface area contributed by atoms with Crippen molar-refractivity contribution >= 4 is 17.8 Å². The molecule has 1 fully saturated rings. The summed E-state index contributed by atoms with van der Waals surface area (Å²) in [6, 6.07) is 8.05. The minimum absolute atomic E-state index is 0.208. The van der Waals surface area contributed by atoms with Crippen LogP contribution in [-0.2, 0) is 15.1 Å². The van der Waals surface area contributed by atoms with E-state index >= 15 is 0 Å². The van der Waals surface area contributed by atoms with Crippen LogP contribution >= 0.6 is 0 Å². The van der Waals surface area contributed by atoms with Crippen molar-refractivity contribution in [2.75, 3.05) is 13.1 Å². The molecule has 2 N–H and O–H groups in total. The van der Waals surface area contributed by atoms with Crippen LogP contribution < -0.4 is 5.73 Å². The van der Waals surface area contributed by atoms with Crippen molar-refractivity contribution in [2.45, 2.75) is 25.8 Å². The molecular formula is C15H19N3O3. The van der Waals surface area contributed by atoms with Crippen molar-refractivity contribution < 1.29 is 14.4 Å². The van der Waals surface area contributed by atoms with Crippen molar-refractivity contribution in [1.82, 2.24) is 9.80 Å². The zero-order valence-corrected chi connectivity index (χ0v) is 12.2. The van der Waals surface area contributed by atoms with Crippen LogP contribution in [0.15, 0.2) is 30.3 Å². The number of benzene rings is 1. The molecule has 1 unspecified atom stereocenters. The van der Waals surface area contributed by atoms with Crippen LogP contribution in [0.2, 0.25) is 0 Å². The molecule has 6 heteroatoms. The lowest BCUT2D eigenvalue weighted by atomic mass is 9.87. The minimum Gasteiger partial charge on any atom is -0.367 e. The molecule has 0 aliphatic carbocycles. The number of imide groups is 1. The summed E-state index contributed by atoms with van der Waals surface area (Å²) < 4.78 is 0. The summed E-state index contributed by atoms with van der Waals surface area (Å²) in [7, 11) is 0. The molecule has 1 aliphatic heterocycles. The molecule has 0 bridgehead atoms. The van der Waals surface area contributed by atoms with Crippen LogP contribution in [0.1, 0.15) is 25.8 Å². The van der Waals surface area contributed by atoms with E-state index < -0.39 is 23.4 Å². The number of carbonyl (C=O) groups is 3. The molecule has 0 radical (unpaired) electrons. The molecule has 112 valence electrons. The Morgan fingerprint density at radius 3 is 2.29 bits per heavy atom. The topological polar surface area (TPSA) is 83.7 Å². The summed E-state index contributed by atoms with van der Waals surface area (Å²) in [5.74, 6) is -1.39. The number of nitrogens with zero attached hydrogens (tertiary/aromatic N) is 2. The standard InChI is InChI=1S/C15H19N3O3/c1-3-10-18-14(21)17(4-2)13(20)15(18,12(16)19)11-8-6-5-7-9-11/h5-9H,3-4,10H2,1-2H3,(H2,16,19). The zero-order chi connectivity index (χ0) is 15.6. The number of nitrogens with two attached hydrogens (primary N) is 1. The van der Waals surface area contributed by atoms with Gasteiger partial charge in [0.1, 0.15) is 0 Å². The fourth-order valence-corrected chi connectivity index (χ4v) is 2.79. The number of hydrogen-bond donors (Lipinski definition) is 1.